The summed E-state index contributed by atoms with van der Waals surface area (Å²) in [5.41, 5.74) is 5.75. The number of hydrogen-bond donors (Lipinski definition) is 2. The summed E-state index contributed by atoms with van der Waals surface area (Å²) in [4.78, 5) is -0.0373. The second kappa shape index (κ2) is 5.89. The molecule has 0 aliphatic carbocycles. The third-order valence-electron chi connectivity index (χ3n) is 2.48. The van der Waals surface area contributed by atoms with Gasteiger partial charge in [-0.2, -0.15) is 0 Å². The Kier molecular flexibility index (Phi) is 4.94. The average Bonchev–Trinajstić information content (AvgIpc) is 2.27. The van der Waals surface area contributed by atoms with Gasteiger partial charge in [-0.3, -0.25) is 0 Å². The molecule has 0 atom stereocenters. The Balaban J connectivity index is 3.26. The van der Waals surface area contributed by atoms with Crippen molar-refractivity contribution in [2.75, 3.05) is 30.9 Å². The van der Waals surface area contributed by atoms with Crippen LogP contribution in [0, 0.1) is 0 Å². The van der Waals surface area contributed by atoms with Crippen molar-refractivity contribution in [3.63, 3.8) is 0 Å². The molecule has 6 nitrogen and oxygen atoms in total. The van der Waals surface area contributed by atoms with Gasteiger partial charge in [-0.05, 0) is 31.2 Å². The molecule has 0 radical (unpaired) electrons. The van der Waals surface area contributed by atoms with Gasteiger partial charge in [0, 0.05) is 19.1 Å². The lowest BCUT2D eigenvalue weighted by Gasteiger charge is -2.11. The van der Waals surface area contributed by atoms with E-state index in [0.29, 0.717) is 25.2 Å². The summed E-state index contributed by atoms with van der Waals surface area (Å²) < 4.78 is 46.3. The van der Waals surface area contributed by atoms with Gasteiger partial charge in [-0.25, -0.2) is 16.8 Å². The Hall–Kier alpha value is -1.12. The fraction of sp³-hybridized carbons (Fsp3) is 0.455. The molecule has 0 saturated heterocycles. The van der Waals surface area contributed by atoms with Crippen molar-refractivity contribution in [2.45, 2.75) is 16.2 Å². The molecule has 3 N–H and O–H groups in total. The predicted octanol–water partition coefficient (Wildman–Crippen LogP) is 0.254. The number of benzene rings is 1. The second-order valence-electron chi connectivity index (χ2n) is 4.27. The molecule has 0 aliphatic heterocycles. The number of nitrogens with two attached hydrogens (primary N) is 1. The monoisotopic (exact) mass is 306 g/mol. The smallest absolute Gasteiger partial charge is 0.177 e. The van der Waals surface area contributed by atoms with Crippen LogP contribution >= 0.6 is 0 Å². The minimum atomic E-state index is -3.51. The van der Waals surface area contributed by atoms with Gasteiger partial charge in [-0.1, -0.05) is 0 Å². The van der Waals surface area contributed by atoms with Crippen LogP contribution in [0.15, 0.2) is 28.0 Å². The second-order valence-corrected chi connectivity index (χ2v) is 8.27. The van der Waals surface area contributed by atoms with Crippen LogP contribution in [0.3, 0.4) is 0 Å². The molecule has 1 aromatic carbocycles. The summed E-state index contributed by atoms with van der Waals surface area (Å²) in [7, 11) is -6.95. The minimum Gasteiger partial charge on any atom is -0.384 e. The normalized spacial score (nSPS) is 12.4. The summed E-state index contributed by atoms with van der Waals surface area (Å²) in [5.74, 6) is 0. The summed E-state index contributed by atoms with van der Waals surface area (Å²) in [6.45, 7) is 1.01. The van der Waals surface area contributed by atoms with Crippen LogP contribution in [0.2, 0.25) is 0 Å². The molecule has 0 bridgehead atoms. The molecule has 108 valence electrons. The molecule has 0 unspecified atom stereocenters. The van der Waals surface area contributed by atoms with E-state index in [1.54, 1.807) is 0 Å². The summed E-state index contributed by atoms with van der Waals surface area (Å²) in [6, 6.07) is 4.02. The highest BCUT2D eigenvalue weighted by Crippen LogP contribution is 2.25. The molecule has 0 aliphatic rings. The standard InChI is InChI=1S/C11H18N2O4S2/c1-18(14,15)9-4-5-10(13-7-3-6-12)11(8-9)19(2,16)17/h4-5,8,13H,3,6-7,12H2,1-2H3. The number of nitrogens with one attached hydrogen (secondary N) is 1. The third kappa shape index (κ3) is 4.48. The van der Waals surface area contributed by atoms with E-state index < -0.39 is 19.7 Å². The van der Waals surface area contributed by atoms with Crippen LogP contribution < -0.4 is 11.1 Å². The maximum absolute atomic E-state index is 11.7. The molecule has 19 heavy (non-hydrogen) atoms. The average molecular weight is 306 g/mol. The fourth-order valence-corrected chi connectivity index (χ4v) is 3.11. The van der Waals surface area contributed by atoms with Crippen molar-refractivity contribution in [2.24, 2.45) is 5.73 Å². The van der Waals surface area contributed by atoms with Crippen LogP contribution in [0.4, 0.5) is 5.69 Å². The van der Waals surface area contributed by atoms with E-state index in [1.807, 2.05) is 0 Å². The third-order valence-corrected chi connectivity index (χ3v) is 4.72. The van der Waals surface area contributed by atoms with E-state index in [4.69, 9.17) is 5.73 Å². The Bertz CT molecular complexity index is 651. The lowest BCUT2D eigenvalue weighted by atomic mass is 10.3. The van der Waals surface area contributed by atoms with E-state index in [9.17, 15) is 16.8 Å². The fourth-order valence-electron chi connectivity index (χ4n) is 1.51. The highest BCUT2D eigenvalue weighted by atomic mass is 32.2. The van der Waals surface area contributed by atoms with Gasteiger partial charge in [0.25, 0.3) is 0 Å². The van der Waals surface area contributed by atoms with E-state index in [2.05, 4.69) is 5.32 Å². The molecule has 0 saturated carbocycles. The minimum absolute atomic E-state index is 0.0164. The van der Waals surface area contributed by atoms with E-state index in [-0.39, 0.29) is 9.79 Å². The van der Waals surface area contributed by atoms with Crippen LogP contribution in [-0.4, -0.2) is 42.4 Å². The zero-order valence-corrected chi connectivity index (χ0v) is 12.5. The molecule has 1 rings (SSSR count). The van der Waals surface area contributed by atoms with E-state index in [0.717, 1.165) is 12.5 Å². The Morgan fingerprint density at radius 3 is 2.21 bits per heavy atom. The predicted molar refractivity (Wildman–Crippen MR) is 74.8 cm³/mol. The van der Waals surface area contributed by atoms with Crippen LogP contribution in [0.5, 0.6) is 0 Å². The van der Waals surface area contributed by atoms with E-state index >= 15 is 0 Å². The van der Waals surface area contributed by atoms with Gasteiger partial charge in [0.2, 0.25) is 0 Å². The molecule has 1 aromatic rings. The number of rotatable bonds is 6. The van der Waals surface area contributed by atoms with Crippen molar-refractivity contribution in [1.82, 2.24) is 0 Å². The lowest BCUT2D eigenvalue weighted by molar-refractivity contribution is 0.600. The highest BCUT2D eigenvalue weighted by Gasteiger charge is 2.17. The van der Waals surface area contributed by atoms with Crippen LogP contribution in [0.1, 0.15) is 6.42 Å². The molecular formula is C11H18N2O4S2. The maximum atomic E-state index is 11.7. The van der Waals surface area contributed by atoms with Crippen molar-refractivity contribution >= 4 is 25.4 Å². The molecule has 8 heteroatoms. The SMILES string of the molecule is CS(=O)(=O)c1ccc(NCCCN)c(S(C)(=O)=O)c1. The molecule has 0 spiro atoms. The molecule has 0 amide bonds. The van der Waals surface area contributed by atoms with E-state index in [1.165, 1.54) is 18.2 Å². The van der Waals surface area contributed by atoms with Crippen molar-refractivity contribution in [1.29, 1.82) is 0 Å². The quantitative estimate of drug-likeness (QED) is 0.730. The van der Waals surface area contributed by atoms with Gasteiger partial charge in [0.15, 0.2) is 19.7 Å². The zero-order chi connectivity index (χ0) is 14.7. The first-order valence-corrected chi connectivity index (χ1v) is 9.42. The van der Waals surface area contributed by atoms with Crippen molar-refractivity contribution in [3.8, 4) is 0 Å². The van der Waals surface area contributed by atoms with Crippen molar-refractivity contribution < 1.29 is 16.8 Å². The lowest BCUT2D eigenvalue weighted by Crippen LogP contribution is -2.12. The number of hydrogen-bond acceptors (Lipinski definition) is 6. The van der Waals surface area contributed by atoms with Crippen LogP contribution in [0.25, 0.3) is 0 Å². The zero-order valence-electron chi connectivity index (χ0n) is 10.9. The van der Waals surface area contributed by atoms with Gasteiger partial charge < -0.3 is 11.1 Å². The molecule has 0 aromatic heterocycles. The first-order chi connectivity index (χ1) is 8.66. The summed E-state index contributed by atoms with van der Waals surface area (Å²) in [5, 5.41) is 2.95. The Morgan fingerprint density at radius 1 is 1.11 bits per heavy atom. The largest absolute Gasteiger partial charge is 0.384 e. The Labute approximate surface area is 113 Å². The molecular weight excluding hydrogens is 288 g/mol. The Morgan fingerprint density at radius 2 is 1.74 bits per heavy atom. The van der Waals surface area contributed by atoms with Crippen LogP contribution in [-0.2, 0) is 19.7 Å². The van der Waals surface area contributed by atoms with Gasteiger partial charge >= 0.3 is 0 Å². The first kappa shape index (κ1) is 15.9. The summed E-state index contributed by atoms with van der Waals surface area (Å²) in [6.07, 6.45) is 2.77. The van der Waals surface area contributed by atoms with Gasteiger partial charge in [0.1, 0.15) is 0 Å². The van der Waals surface area contributed by atoms with Gasteiger partial charge in [0.05, 0.1) is 15.5 Å². The summed E-state index contributed by atoms with van der Waals surface area (Å²) >= 11 is 0. The number of anilines is 1. The van der Waals surface area contributed by atoms with Crippen molar-refractivity contribution in [3.05, 3.63) is 18.2 Å². The first-order valence-electron chi connectivity index (χ1n) is 5.64. The topological polar surface area (TPSA) is 106 Å². The number of sulfone groups is 2. The highest BCUT2D eigenvalue weighted by molar-refractivity contribution is 7.91. The maximum Gasteiger partial charge on any atom is 0.177 e. The molecule has 0 heterocycles. The molecule has 0 fully saturated rings. The van der Waals surface area contributed by atoms with Gasteiger partial charge in [-0.15, -0.1) is 0 Å².